The third kappa shape index (κ3) is 1.53. The van der Waals surface area contributed by atoms with E-state index in [9.17, 15) is 9.18 Å². The molecule has 2 rings (SSSR count). The molecule has 0 spiro atoms. The fraction of sp³-hybridized carbons (Fsp3) is 0.571. The van der Waals surface area contributed by atoms with E-state index in [4.69, 9.17) is 0 Å². The lowest BCUT2D eigenvalue weighted by Gasteiger charge is -2.31. The zero-order valence-corrected chi connectivity index (χ0v) is 7.60. The van der Waals surface area contributed by atoms with Crippen molar-refractivity contribution in [2.75, 3.05) is 5.32 Å². The predicted octanol–water partition coefficient (Wildman–Crippen LogP) is 1.37. The molecule has 1 amide bonds. The third-order valence-corrected chi connectivity index (χ3v) is 2.74. The molecule has 1 aliphatic carbocycles. The highest BCUT2D eigenvalue weighted by molar-refractivity contribution is 7.13. The van der Waals surface area contributed by atoms with Crippen LogP contribution >= 0.6 is 11.3 Å². The molecule has 0 atom stereocenters. The van der Waals surface area contributed by atoms with E-state index >= 15 is 0 Å². The van der Waals surface area contributed by atoms with Crippen LogP contribution in [-0.2, 0) is 4.79 Å². The largest absolute Gasteiger partial charge is 0.298 e. The molecule has 0 radical (unpaired) electrons. The Bertz CT molecular complexity index is 310. The van der Waals surface area contributed by atoms with Gasteiger partial charge in [0.05, 0.1) is 0 Å². The maximum Gasteiger partial charge on any atom is 0.263 e. The Labute approximate surface area is 78.2 Å². The molecule has 0 saturated heterocycles. The van der Waals surface area contributed by atoms with E-state index in [0.717, 1.165) is 6.42 Å². The number of carbonyl (C=O) groups excluding carboxylic acids is 1. The Kier molecular flexibility index (Phi) is 1.99. The highest BCUT2D eigenvalue weighted by Gasteiger charge is 2.44. The summed E-state index contributed by atoms with van der Waals surface area (Å²) in [5.74, 6) is -0.587. The van der Waals surface area contributed by atoms with Crippen molar-refractivity contribution in [1.82, 2.24) is 10.2 Å². The van der Waals surface area contributed by atoms with Gasteiger partial charge in [-0.15, -0.1) is 10.2 Å². The molecule has 1 N–H and O–H groups in total. The zero-order valence-electron chi connectivity index (χ0n) is 6.79. The summed E-state index contributed by atoms with van der Waals surface area (Å²) in [6, 6.07) is 0. The summed E-state index contributed by atoms with van der Waals surface area (Å²) >= 11 is 1.18. The molecule has 0 bridgehead atoms. The quantitative estimate of drug-likeness (QED) is 0.786. The van der Waals surface area contributed by atoms with Crippen LogP contribution in [0.4, 0.5) is 9.52 Å². The van der Waals surface area contributed by atoms with Crippen LogP contribution in [0, 0.1) is 0 Å². The van der Waals surface area contributed by atoms with Crippen molar-refractivity contribution in [3.05, 3.63) is 5.51 Å². The van der Waals surface area contributed by atoms with Crippen LogP contribution in [-0.4, -0.2) is 21.8 Å². The van der Waals surface area contributed by atoms with E-state index in [0.29, 0.717) is 18.0 Å². The Morgan fingerprint density at radius 2 is 2.46 bits per heavy atom. The van der Waals surface area contributed by atoms with Crippen LogP contribution < -0.4 is 5.32 Å². The summed E-state index contributed by atoms with van der Waals surface area (Å²) in [4.78, 5) is 11.3. The van der Waals surface area contributed by atoms with Crippen LogP contribution in [0.5, 0.6) is 0 Å². The molecule has 1 heterocycles. The predicted molar refractivity (Wildman–Crippen MR) is 46.2 cm³/mol. The Morgan fingerprint density at radius 3 is 2.92 bits per heavy atom. The first kappa shape index (κ1) is 8.55. The molecule has 1 fully saturated rings. The van der Waals surface area contributed by atoms with Gasteiger partial charge in [0, 0.05) is 0 Å². The number of nitrogens with zero attached hydrogens (tertiary/aromatic N) is 2. The number of hydrogen-bond donors (Lipinski definition) is 1. The lowest BCUT2D eigenvalue weighted by atomic mass is 9.81. The first-order chi connectivity index (χ1) is 6.21. The van der Waals surface area contributed by atoms with E-state index in [-0.39, 0.29) is 0 Å². The number of aromatic nitrogens is 2. The molecule has 0 unspecified atom stereocenters. The van der Waals surface area contributed by atoms with E-state index in [1.165, 1.54) is 16.8 Å². The molecule has 6 heteroatoms. The number of rotatable bonds is 2. The summed E-state index contributed by atoms with van der Waals surface area (Å²) in [7, 11) is 0. The Hall–Kier alpha value is -1.04. The van der Waals surface area contributed by atoms with E-state index in [1.807, 2.05) is 0 Å². The zero-order chi connectivity index (χ0) is 9.31. The van der Waals surface area contributed by atoms with Crippen LogP contribution in [0.15, 0.2) is 5.51 Å². The van der Waals surface area contributed by atoms with Gasteiger partial charge in [-0.2, -0.15) is 0 Å². The van der Waals surface area contributed by atoms with Crippen LogP contribution in [0.2, 0.25) is 0 Å². The number of carbonyl (C=O) groups is 1. The van der Waals surface area contributed by atoms with Crippen molar-refractivity contribution in [3.63, 3.8) is 0 Å². The molecule has 0 aliphatic heterocycles. The molecular weight excluding hydrogens is 193 g/mol. The molecule has 4 nitrogen and oxygen atoms in total. The van der Waals surface area contributed by atoms with Crippen LogP contribution in [0.1, 0.15) is 19.3 Å². The first-order valence-electron chi connectivity index (χ1n) is 3.97. The topological polar surface area (TPSA) is 54.9 Å². The fourth-order valence-corrected chi connectivity index (χ4v) is 1.59. The molecule has 13 heavy (non-hydrogen) atoms. The maximum atomic E-state index is 13.4. The fourth-order valence-electron chi connectivity index (χ4n) is 1.15. The van der Waals surface area contributed by atoms with Gasteiger partial charge in [-0.1, -0.05) is 11.3 Å². The number of hydrogen-bond acceptors (Lipinski definition) is 4. The summed E-state index contributed by atoms with van der Waals surface area (Å²) in [6.45, 7) is 0. The van der Waals surface area contributed by atoms with E-state index in [2.05, 4.69) is 15.5 Å². The van der Waals surface area contributed by atoms with Gasteiger partial charge in [0.25, 0.3) is 5.91 Å². The normalized spacial score (nSPS) is 19.2. The molecular formula is C7H8FN3OS. The average Bonchev–Trinajstić information content (AvgIpc) is 2.52. The molecule has 1 aliphatic rings. The number of nitrogens with one attached hydrogen (secondary N) is 1. The van der Waals surface area contributed by atoms with Crippen LogP contribution in [0.3, 0.4) is 0 Å². The van der Waals surface area contributed by atoms with Gasteiger partial charge in [0.15, 0.2) is 5.67 Å². The third-order valence-electron chi connectivity index (χ3n) is 2.13. The van der Waals surface area contributed by atoms with Crippen molar-refractivity contribution < 1.29 is 9.18 Å². The van der Waals surface area contributed by atoms with Crippen molar-refractivity contribution in [2.24, 2.45) is 0 Å². The molecule has 70 valence electrons. The van der Waals surface area contributed by atoms with E-state index in [1.54, 1.807) is 0 Å². The Balaban J connectivity index is 1.99. The smallest absolute Gasteiger partial charge is 0.263 e. The minimum absolute atomic E-state index is 0.317. The second kappa shape index (κ2) is 3.02. The monoisotopic (exact) mass is 201 g/mol. The van der Waals surface area contributed by atoms with Crippen molar-refractivity contribution >= 4 is 22.4 Å². The van der Waals surface area contributed by atoms with Gasteiger partial charge in [0.1, 0.15) is 5.51 Å². The maximum absolute atomic E-state index is 13.4. The molecule has 0 aromatic carbocycles. The number of amides is 1. The second-order valence-electron chi connectivity index (χ2n) is 3.02. The molecule has 1 aromatic heterocycles. The van der Waals surface area contributed by atoms with Gasteiger partial charge in [-0.3, -0.25) is 10.1 Å². The number of halogens is 1. The lowest BCUT2D eigenvalue weighted by Crippen LogP contribution is -2.44. The number of alkyl halides is 1. The van der Waals surface area contributed by atoms with Gasteiger partial charge < -0.3 is 0 Å². The van der Waals surface area contributed by atoms with Gasteiger partial charge in [-0.05, 0) is 19.3 Å². The summed E-state index contributed by atoms with van der Waals surface area (Å²) in [5, 5.41) is 9.88. The van der Waals surface area contributed by atoms with Crippen molar-refractivity contribution in [3.8, 4) is 0 Å². The van der Waals surface area contributed by atoms with Gasteiger partial charge in [-0.25, -0.2) is 4.39 Å². The van der Waals surface area contributed by atoms with E-state index < -0.39 is 11.6 Å². The Morgan fingerprint density at radius 1 is 1.69 bits per heavy atom. The minimum Gasteiger partial charge on any atom is -0.298 e. The SMILES string of the molecule is O=C(Nc1nncs1)C1(F)CCC1. The highest BCUT2D eigenvalue weighted by Crippen LogP contribution is 2.36. The van der Waals surface area contributed by atoms with Crippen molar-refractivity contribution in [2.45, 2.75) is 24.9 Å². The second-order valence-corrected chi connectivity index (χ2v) is 3.85. The van der Waals surface area contributed by atoms with Crippen LogP contribution in [0.25, 0.3) is 0 Å². The first-order valence-corrected chi connectivity index (χ1v) is 4.85. The van der Waals surface area contributed by atoms with Gasteiger partial charge >= 0.3 is 0 Å². The average molecular weight is 201 g/mol. The number of anilines is 1. The summed E-state index contributed by atoms with van der Waals surface area (Å²) < 4.78 is 13.4. The molecule has 1 saturated carbocycles. The highest BCUT2D eigenvalue weighted by atomic mass is 32.1. The minimum atomic E-state index is -1.66. The summed E-state index contributed by atoms with van der Waals surface area (Å²) in [5.41, 5.74) is -0.174. The standard InChI is InChI=1S/C7H8FN3OS/c8-7(2-1-3-7)5(12)10-6-11-9-4-13-6/h4H,1-3H2,(H,10,11,12). The summed E-state index contributed by atoms with van der Waals surface area (Å²) in [6.07, 6.45) is 1.41. The molecule has 1 aromatic rings. The van der Waals surface area contributed by atoms with Crippen molar-refractivity contribution in [1.29, 1.82) is 0 Å². The lowest BCUT2D eigenvalue weighted by molar-refractivity contribution is -0.132. The van der Waals surface area contributed by atoms with Gasteiger partial charge in [0.2, 0.25) is 5.13 Å².